The molecule has 0 aliphatic rings. The summed E-state index contributed by atoms with van der Waals surface area (Å²) in [5, 5.41) is 3.22. The van der Waals surface area contributed by atoms with Crippen molar-refractivity contribution in [1.29, 1.82) is 0 Å². The molecular weight excluding hydrogens is 240 g/mol. The van der Waals surface area contributed by atoms with E-state index in [2.05, 4.69) is 15.2 Å². The largest absolute Gasteiger partial charge is 0.385 e. The molecule has 0 saturated carbocycles. The van der Waals surface area contributed by atoms with Crippen LogP contribution in [-0.2, 0) is 0 Å². The molecule has 1 heterocycles. The number of aromatic nitrogens is 1. The van der Waals surface area contributed by atoms with Crippen LogP contribution in [0.4, 0.5) is 5.69 Å². The van der Waals surface area contributed by atoms with Crippen molar-refractivity contribution in [2.24, 2.45) is 0 Å². The Hall–Kier alpha value is -1.62. The van der Waals surface area contributed by atoms with Gasteiger partial charge in [0.1, 0.15) is 0 Å². The van der Waals surface area contributed by atoms with Crippen molar-refractivity contribution >= 4 is 11.6 Å². The van der Waals surface area contributed by atoms with Crippen LogP contribution in [0.15, 0.2) is 12.3 Å². The molecule has 0 unspecified atom stereocenters. The first kappa shape index (κ1) is 15.4. The number of carbonyl (C=O) groups is 1. The summed E-state index contributed by atoms with van der Waals surface area (Å²) < 4.78 is 0. The highest BCUT2D eigenvalue weighted by atomic mass is 16.2. The molecule has 0 aliphatic heterocycles. The number of nitrogens with one attached hydrogen (secondary N) is 1. The molecule has 1 aromatic rings. The number of pyridine rings is 1. The second-order valence-corrected chi connectivity index (χ2v) is 4.93. The van der Waals surface area contributed by atoms with E-state index in [0.29, 0.717) is 12.1 Å². The van der Waals surface area contributed by atoms with Gasteiger partial charge in [0.15, 0.2) is 0 Å². The zero-order valence-corrected chi connectivity index (χ0v) is 12.5. The lowest BCUT2D eigenvalue weighted by Gasteiger charge is -2.21. The van der Waals surface area contributed by atoms with E-state index in [4.69, 9.17) is 0 Å². The SMILES string of the molecule is CCNc1cc(C)ncc1C(=O)N(C)CCN(C)C. The number of hydrogen-bond acceptors (Lipinski definition) is 4. The summed E-state index contributed by atoms with van der Waals surface area (Å²) in [4.78, 5) is 20.4. The normalized spacial score (nSPS) is 10.6. The summed E-state index contributed by atoms with van der Waals surface area (Å²) >= 11 is 0. The maximum absolute atomic E-state index is 12.4. The Kier molecular flexibility index (Phi) is 5.76. The van der Waals surface area contributed by atoms with Crippen molar-refractivity contribution in [3.8, 4) is 0 Å². The lowest BCUT2D eigenvalue weighted by molar-refractivity contribution is 0.0787. The minimum Gasteiger partial charge on any atom is -0.385 e. The van der Waals surface area contributed by atoms with Crippen LogP contribution in [-0.4, -0.2) is 61.5 Å². The average molecular weight is 264 g/mol. The number of amides is 1. The van der Waals surface area contributed by atoms with Gasteiger partial charge in [-0.25, -0.2) is 0 Å². The molecular formula is C14H24N4O. The van der Waals surface area contributed by atoms with E-state index in [-0.39, 0.29) is 5.91 Å². The van der Waals surface area contributed by atoms with Crippen LogP contribution in [0, 0.1) is 6.92 Å². The highest BCUT2D eigenvalue weighted by molar-refractivity contribution is 5.99. The summed E-state index contributed by atoms with van der Waals surface area (Å²) in [6.07, 6.45) is 1.65. The second kappa shape index (κ2) is 7.09. The molecule has 1 aromatic heterocycles. The van der Waals surface area contributed by atoms with Gasteiger partial charge in [0.05, 0.1) is 11.3 Å². The Labute approximate surface area is 115 Å². The number of aryl methyl sites for hydroxylation is 1. The Morgan fingerprint density at radius 2 is 2.00 bits per heavy atom. The number of likely N-dealkylation sites (N-methyl/N-ethyl adjacent to an activating group) is 2. The van der Waals surface area contributed by atoms with E-state index in [1.807, 2.05) is 41.1 Å². The molecule has 0 spiro atoms. The van der Waals surface area contributed by atoms with Crippen LogP contribution in [0.1, 0.15) is 23.0 Å². The highest BCUT2D eigenvalue weighted by Crippen LogP contribution is 2.17. The smallest absolute Gasteiger partial charge is 0.257 e. The van der Waals surface area contributed by atoms with Crippen LogP contribution in [0.25, 0.3) is 0 Å². The van der Waals surface area contributed by atoms with Crippen molar-refractivity contribution in [2.75, 3.05) is 46.1 Å². The average Bonchev–Trinajstić information content (AvgIpc) is 2.35. The molecule has 0 saturated heterocycles. The van der Waals surface area contributed by atoms with E-state index in [9.17, 15) is 4.79 Å². The van der Waals surface area contributed by atoms with Gasteiger partial charge < -0.3 is 15.1 Å². The van der Waals surface area contributed by atoms with Gasteiger partial charge in [0, 0.05) is 38.6 Å². The molecule has 1 amide bonds. The van der Waals surface area contributed by atoms with Gasteiger partial charge in [0.2, 0.25) is 0 Å². The first-order chi connectivity index (χ1) is 8.95. The third-order valence-corrected chi connectivity index (χ3v) is 2.87. The van der Waals surface area contributed by atoms with Crippen molar-refractivity contribution in [2.45, 2.75) is 13.8 Å². The van der Waals surface area contributed by atoms with Gasteiger partial charge in [0.25, 0.3) is 5.91 Å². The summed E-state index contributed by atoms with van der Waals surface area (Å²) in [5.41, 5.74) is 2.40. The predicted octanol–water partition coefficient (Wildman–Crippen LogP) is 1.46. The molecule has 0 bridgehead atoms. The number of anilines is 1. The molecule has 0 aromatic carbocycles. The van der Waals surface area contributed by atoms with E-state index >= 15 is 0 Å². The van der Waals surface area contributed by atoms with Gasteiger partial charge in [-0.1, -0.05) is 0 Å². The third kappa shape index (κ3) is 4.52. The zero-order chi connectivity index (χ0) is 14.4. The molecule has 1 rings (SSSR count). The van der Waals surface area contributed by atoms with E-state index in [1.54, 1.807) is 11.1 Å². The van der Waals surface area contributed by atoms with E-state index in [1.165, 1.54) is 0 Å². The molecule has 0 atom stereocenters. The standard InChI is InChI=1S/C14H24N4O/c1-6-15-13-9-11(2)16-10-12(13)14(19)18(5)8-7-17(3)4/h9-10H,6-8H2,1-5H3,(H,15,16). The first-order valence-electron chi connectivity index (χ1n) is 6.56. The second-order valence-electron chi connectivity index (χ2n) is 4.93. The Bertz CT molecular complexity index is 431. The van der Waals surface area contributed by atoms with Crippen molar-refractivity contribution in [1.82, 2.24) is 14.8 Å². The fourth-order valence-corrected chi connectivity index (χ4v) is 1.72. The summed E-state index contributed by atoms with van der Waals surface area (Å²) in [5.74, 6) is 0.00491. The first-order valence-corrected chi connectivity index (χ1v) is 6.56. The molecule has 5 heteroatoms. The van der Waals surface area contributed by atoms with Crippen LogP contribution in [0.2, 0.25) is 0 Å². The molecule has 0 radical (unpaired) electrons. The number of nitrogens with zero attached hydrogens (tertiary/aromatic N) is 3. The molecule has 0 fully saturated rings. The topological polar surface area (TPSA) is 48.5 Å². The Morgan fingerprint density at radius 1 is 1.32 bits per heavy atom. The number of carbonyl (C=O) groups excluding carboxylic acids is 1. The van der Waals surface area contributed by atoms with Crippen LogP contribution in [0.5, 0.6) is 0 Å². The quantitative estimate of drug-likeness (QED) is 0.845. The fraction of sp³-hybridized carbons (Fsp3) is 0.571. The molecule has 5 nitrogen and oxygen atoms in total. The molecule has 0 aliphatic carbocycles. The Balaban J connectivity index is 2.86. The van der Waals surface area contributed by atoms with Gasteiger partial charge in [-0.3, -0.25) is 9.78 Å². The summed E-state index contributed by atoms with van der Waals surface area (Å²) in [7, 11) is 5.81. The van der Waals surface area contributed by atoms with E-state index in [0.717, 1.165) is 24.5 Å². The molecule has 1 N–H and O–H groups in total. The number of hydrogen-bond donors (Lipinski definition) is 1. The Morgan fingerprint density at radius 3 is 2.58 bits per heavy atom. The lowest BCUT2D eigenvalue weighted by Crippen LogP contribution is -2.34. The van der Waals surface area contributed by atoms with Crippen LogP contribution >= 0.6 is 0 Å². The molecule has 19 heavy (non-hydrogen) atoms. The summed E-state index contributed by atoms with van der Waals surface area (Å²) in [6.45, 7) is 6.26. The van der Waals surface area contributed by atoms with Crippen LogP contribution < -0.4 is 5.32 Å². The van der Waals surface area contributed by atoms with Gasteiger partial charge in [-0.2, -0.15) is 0 Å². The fourth-order valence-electron chi connectivity index (χ4n) is 1.72. The minimum absolute atomic E-state index is 0.00491. The maximum atomic E-state index is 12.4. The van der Waals surface area contributed by atoms with Gasteiger partial charge in [-0.15, -0.1) is 0 Å². The minimum atomic E-state index is 0.00491. The van der Waals surface area contributed by atoms with Crippen molar-refractivity contribution in [3.05, 3.63) is 23.5 Å². The van der Waals surface area contributed by atoms with Crippen molar-refractivity contribution < 1.29 is 4.79 Å². The third-order valence-electron chi connectivity index (χ3n) is 2.87. The van der Waals surface area contributed by atoms with Crippen LogP contribution in [0.3, 0.4) is 0 Å². The van der Waals surface area contributed by atoms with Crippen molar-refractivity contribution in [3.63, 3.8) is 0 Å². The maximum Gasteiger partial charge on any atom is 0.257 e. The summed E-state index contributed by atoms with van der Waals surface area (Å²) in [6, 6.07) is 1.91. The lowest BCUT2D eigenvalue weighted by atomic mass is 10.2. The van der Waals surface area contributed by atoms with Gasteiger partial charge >= 0.3 is 0 Å². The van der Waals surface area contributed by atoms with E-state index < -0.39 is 0 Å². The monoisotopic (exact) mass is 264 g/mol. The molecule has 106 valence electrons. The highest BCUT2D eigenvalue weighted by Gasteiger charge is 2.16. The number of rotatable bonds is 6. The zero-order valence-electron chi connectivity index (χ0n) is 12.5. The van der Waals surface area contributed by atoms with Gasteiger partial charge in [-0.05, 0) is 34.0 Å². The predicted molar refractivity (Wildman–Crippen MR) is 78.7 cm³/mol.